The number of nitrogens with one attached hydrogen (secondary N) is 2. The number of primary amides is 1. The lowest BCUT2D eigenvalue weighted by Gasteiger charge is -2.17. The first-order valence-electron chi connectivity index (χ1n) is 7.53. The maximum Gasteiger partial charge on any atom is 0.250 e. The molecule has 0 atom stereocenters. The maximum atomic E-state index is 12.1. The quantitative estimate of drug-likeness (QED) is 0.615. The van der Waals surface area contributed by atoms with Crippen LogP contribution in [0.5, 0.6) is 0 Å². The van der Waals surface area contributed by atoms with Gasteiger partial charge in [-0.3, -0.25) is 9.59 Å². The summed E-state index contributed by atoms with van der Waals surface area (Å²) in [4.78, 5) is 27.0. The highest BCUT2D eigenvalue weighted by Crippen LogP contribution is 2.35. The molecule has 124 valence electrons. The normalized spacial score (nSPS) is 11.8. The number of carbonyl (C=O) groups is 2. The second kappa shape index (κ2) is 5.63. The fourth-order valence-electron chi connectivity index (χ4n) is 2.57. The van der Waals surface area contributed by atoms with Crippen LogP contribution in [-0.4, -0.2) is 16.8 Å². The Morgan fingerprint density at radius 2 is 1.88 bits per heavy atom. The molecule has 2 aromatic carbocycles. The topological polar surface area (TPSA) is 88.0 Å². The van der Waals surface area contributed by atoms with Gasteiger partial charge in [0.1, 0.15) is 0 Å². The van der Waals surface area contributed by atoms with Crippen LogP contribution < -0.4 is 11.1 Å². The molecule has 6 heteroatoms. The van der Waals surface area contributed by atoms with Crippen LogP contribution in [0, 0.1) is 5.41 Å². The first kappa shape index (κ1) is 16.5. The van der Waals surface area contributed by atoms with Gasteiger partial charge in [-0.25, -0.2) is 0 Å². The van der Waals surface area contributed by atoms with Gasteiger partial charge in [0.25, 0.3) is 5.91 Å². The molecule has 1 aromatic heterocycles. The van der Waals surface area contributed by atoms with Crippen LogP contribution in [0.1, 0.15) is 31.1 Å². The molecule has 0 fully saturated rings. The van der Waals surface area contributed by atoms with E-state index in [2.05, 4.69) is 26.2 Å². The minimum Gasteiger partial charge on any atom is -0.366 e. The molecule has 0 spiro atoms. The Kier molecular flexibility index (Phi) is 3.87. The predicted molar refractivity (Wildman–Crippen MR) is 100 cm³/mol. The summed E-state index contributed by atoms with van der Waals surface area (Å²) in [6.07, 6.45) is 0. The number of anilines is 1. The highest BCUT2D eigenvalue weighted by atomic mass is 79.9. The minimum absolute atomic E-state index is 0.0584. The molecule has 1 heterocycles. The number of H-pyrrole nitrogens is 1. The molecule has 3 rings (SSSR count). The van der Waals surface area contributed by atoms with E-state index in [1.807, 2.05) is 45.0 Å². The van der Waals surface area contributed by atoms with Crippen molar-refractivity contribution >= 4 is 55.2 Å². The Labute approximate surface area is 147 Å². The van der Waals surface area contributed by atoms with Crippen LogP contribution in [0.4, 0.5) is 5.69 Å². The molecular weight excluding hydrogens is 370 g/mol. The summed E-state index contributed by atoms with van der Waals surface area (Å²) >= 11 is 3.52. The van der Waals surface area contributed by atoms with Crippen LogP contribution in [0.15, 0.2) is 34.8 Å². The predicted octanol–water partition coefficient (Wildman–Crippen LogP) is 4.17. The third kappa shape index (κ3) is 2.78. The number of halogens is 1. The number of fused-ring (bicyclic) bond motifs is 3. The van der Waals surface area contributed by atoms with Crippen molar-refractivity contribution in [1.29, 1.82) is 0 Å². The van der Waals surface area contributed by atoms with E-state index in [0.29, 0.717) is 16.8 Å². The number of rotatable bonds is 2. The number of hydrogen-bond acceptors (Lipinski definition) is 2. The van der Waals surface area contributed by atoms with Crippen molar-refractivity contribution in [1.82, 2.24) is 4.98 Å². The van der Waals surface area contributed by atoms with Crippen LogP contribution in [-0.2, 0) is 4.79 Å². The summed E-state index contributed by atoms with van der Waals surface area (Å²) in [6, 6.07) is 9.12. The van der Waals surface area contributed by atoms with E-state index >= 15 is 0 Å². The standard InChI is InChI=1S/C18H18BrN3O2/c1-18(2,3)17(24)21-9-4-5-10-13(8-9)22-15-11(16(20)23)6-7-12(19)14(10)15/h4-8,22H,1-3H3,(H2,20,23)(H,21,24). The van der Waals surface area contributed by atoms with Crippen molar-refractivity contribution in [2.45, 2.75) is 20.8 Å². The molecule has 2 amide bonds. The van der Waals surface area contributed by atoms with E-state index in [0.717, 1.165) is 20.8 Å². The van der Waals surface area contributed by atoms with E-state index in [1.54, 1.807) is 6.07 Å². The van der Waals surface area contributed by atoms with Gasteiger partial charge in [0.15, 0.2) is 0 Å². The van der Waals surface area contributed by atoms with Crippen molar-refractivity contribution in [2.24, 2.45) is 11.1 Å². The zero-order chi connectivity index (χ0) is 17.6. The maximum absolute atomic E-state index is 12.1. The summed E-state index contributed by atoms with van der Waals surface area (Å²) in [5.74, 6) is -0.544. The average molecular weight is 388 g/mol. The second-order valence-corrected chi connectivity index (χ2v) is 7.65. The number of hydrogen-bond donors (Lipinski definition) is 3. The lowest BCUT2D eigenvalue weighted by Crippen LogP contribution is -2.27. The van der Waals surface area contributed by atoms with Crippen LogP contribution >= 0.6 is 15.9 Å². The molecular formula is C18H18BrN3O2. The molecule has 0 unspecified atom stereocenters. The highest BCUT2D eigenvalue weighted by Gasteiger charge is 2.21. The van der Waals surface area contributed by atoms with E-state index in [1.165, 1.54) is 0 Å². The molecule has 0 bridgehead atoms. The van der Waals surface area contributed by atoms with E-state index in [-0.39, 0.29) is 5.91 Å². The van der Waals surface area contributed by atoms with E-state index in [4.69, 9.17) is 5.73 Å². The summed E-state index contributed by atoms with van der Waals surface area (Å²) in [7, 11) is 0. The zero-order valence-electron chi connectivity index (χ0n) is 13.7. The number of nitrogens with two attached hydrogens (primary N) is 1. The molecule has 0 saturated heterocycles. The van der Waals surface area contributed by atoms with E-state index in [9.17, 15) is 9.59 Å². The van der Waals surface area contributed by atoms with Gasteiger partial charge in [0.2, 0.25) is 5.91 Å². The first-order valence-corrected chi connectivity index (χ1v) is 8.33. The Morgan fingerprint density at radius 3 is 2.50 bits per heavy atom. The molecule has 0 saturated carbocycles. The summed E-state index contributed by atoms with van der Waals surface area (Å²) in [6.45, 7) is 5.58. The fraction of sp³-hybridized carbons (Fsp3) is 0.222. The molecule has 4 N–H and O–H groups in total. The SMILES string of the molecule is CC(C)(C)C(=O)Nc1ccc2c(c1)[nH]c1c(C(N)=O)ccc(Br)c12. The Balaban J connectivity index is 2.16. The van der Waals surface area contributed by atoms with Gasteiger partial charge < -0.3 is 16.0 Å². The van der Waals surface area contributed by atoms with Gasteiger partial charge in [0, 0.05) is 31.9 Å². The van der Waals surface area contributed by atoms with Crippen molar-refractivity contribution in [3.05, 3.63) is 40.4 Å². The first-order chi connectivity index (χ1) is 11.2. The summed E-state index contributed by atoms with van der Waals surface area (Å²) in [5, 5.41) is 4.76. The average Bonchev–Trinajstić information content (AvgIpc) is 2.85. The van der Waals surface area contributed by atoms with Crippen molar-refractivity contribution in [3.8, 4) is 0 Å². The van der Waals surface area contributed by atoms with Crippen LogP contribution in [0.25, 0.3) is 21.8 Å². The van der Waals surface area contributed by atoms with Gasteiger partial charge in [-0.1, -0.05) is 42.8 Å². The zero-order valence-corrected chi connectivity index (χ0v) is 15.2. The molecule has 0 aliphatic heterocycles. The van der Waals surface area contributed by atoms with Crippen molar-refractivity contribution < 1.29 is 9.59 Å². The second-order valence-electron chi connectivity index (χ2n) is 6.80. The molecule has 5 nitrogen and oxygen atoms in total. The largest absolute Gasteiger partial charge is 0.366 e. The third-order valence-corrected chi connectivity index (χ3v) is 4.57. The third-order valence-electron chi connectivity index (χ3n) is 3.91. The van der Waals surface area contributed by atoms with Crippen LogP contribution in [0.3, 0.4) is 0 Å². The molecule has 0 aliphatic carbocycles. The van der Waals surface area contributed by atoms with Gasteiger partial charge in [-0.05, 0) is 24.3 Å². The number of benzene rings is 2. The van der Waals surface area contributed by atoms with Gasteiger partial charge in [-0.15, -0.1) is 0 Å². The molecule has 0 radical (unpaired) electrons. The summed E-state index contributed by atoms with van der Waals surface area (Å²) < 4.78 is 0.875. The number of amides is 2. The Bertz CT molecular complexity index is 983. The van der Waals surface area contributed by atoms with Gasteiger partial charge in [0.05, 0.1) is 11.1 Å². The summed E-state index contributed by atoms with van der Waals surface area (Å²) in [5.41, 5.74) is 7.64. The number of carbonyl (C=O) groups excluding carboxylic acids is 2. The van der Waals surface area contributed by atoms with E-state index < -0.39 is 11.3 Å². The molecule has 0 aliphatic rings. The minimum atomic E-state index is -0.486. The molecule has 24 heavy (non-hydrogen) atoms. The lowest BCUT2D eigenvalue weighted by atomic mass is 9.95. The molecule has 3 aromatic rings. The smallest absolute Gasteiger partial charge is 0.250 e. The number of aromatic nitrogens is 1. The highest BCUT2D eigenvalue weighted by molar-refractivity contribution is 9.10. The lowest BCUT2D eigenvalue weighted by molar-refractivity contribution is -0.123. The monoisotopic (exact) mass is 387 g/mol. The Hall–Kier alpha value is -2.34. The Morgan fingerprint density at radius 1 is 1.17 bits per heavy atom. The number of aromatic amines is 1. The van der Waals surface area contributed by atoms with Crippen molar-refractivity contribution in [3.63, 3.8) is 0 Å². The van der Waals surface area contributed by atoms with Crippen LogP contribution in [0.2, 0.25) is 0 Å². The fourth-order valence-corrected chi connectivity index (χ4v) is 3.12. The van der Waals surface area contributed by atoms with Gasteiger partial charge >= 0.3 is 0 Å². The van der Waals surface area contributed by atoms with Crippen molar-refractivity contribution in [2.75, 3.05) is 5.32 Å². The van der Waals surface area contributed by atoms with Gasteiger partial charge in [-0.2, -0.15) is 0 Å².